The summed E-state index contributed by atoms with van der Waals surface area (Å²) in [6.45, 7) is 4.72. The van der Waals surface area contributed by atoms with Crippen LogP contribution < -0.4 is 4.74 Å². The molecule has 2 fully saturated rings. The van der Waals surface area contributed by atoms with Gasteiger partial charge in [0.25, 0.3) is 0 Å². The molecule has 0 N–H and O–H groups in total. The maximum Gasteiger partial charge on any atom is 0.213 e. The van der Waals surface area contributed by atoms with Crippen molar-refractivity contribution in [3.63, 3.8) is 0 Å². The highest BCUT2D eigenvalue weighted by atomic mass is 16.5. The fourth-order valence-electron chi connectivity index (χ4n) is 3.90. The van der Waals surface area contributed by atoms with Crippen molar-refractivity contribution in [3.05, 3.63) is 54.5 Å². The van der Waals surface area contributed by atoms with Crippen LogP contribution in [-0.4, -0.2) is 47.3 Å². The lowest BCUT2D eigenvalue weighted by Gasteiger charge is -2.38. The molecule has 132 valence electrons. The van der Waals surface area contributed by atoms with Crippen LogP contribution in [-0.2, 0) is 11.3 Å². The molecule has 1 unspecified atom stereocenters. The molecule has 0 bridgehead atoms. The van der Waals surface area contributed by atoms with Crippen LogP contribution in [0.1, 0.15) is 24.8 Å². The molecule has 2 aliphatic rings. The number of hydrogen-bond donors (Lipinski definition) is 0. The molecule has 2 aromatic heterocycles. The van der Waals surface area contributed by atoms with E-state index < -0.39 is 0 Å². The number of pyridine rings is 2. The van der Waals surface area contributed by atoms with Crippen LogP contribution in [0.4, 0.5) is 0 Å². The predicted molar refractivity (Wildman–Crippen MR) is 95.3 cm³/mol. The minimum absolute atomic E-state index is 0.187. The van der Waals surface area contributed by atoms with Gasteiger partial charge in [0.1, 0.15) is 6.61 Å². The summed E-state index contributed by atoms with van der Waals surface area (Å²) in [7, 11) is 0. The Morgan fingerprint density at radius 3 is 2.84 bits per heavy atom. The average Bonchev–Trinajstić information content (AvgIpc) is 3.07. The molecule has 4 heterocycles. The van der Waals surface area contributed by atoms with Gasteiger partial charge in [0, 0.05) is 31.2 Å². The third-order valence-electron chi connectivity index (χ3n) is 5.39. The molecule has 1 spiro atoms. The van der Waals surface area contributed by atoms with Crippen LogP contribution in [0.2, 0.25) is 0 Å². The van der Waals surface area contributed by atoms with E-state index in [1.807, 2.05) is 36.7 Å². The Morgan fingerprint density at radius 2 is 2.08 bits per heavy atom. The van der Waals surface area contributed by atoms with Crippen molar-refractivity contribution in [3.8, 4) is 5.88 Å². The largest absolute Gasteiger partial charge is 0.475 e. The number of piperidine rings is 1. The Hall–Kier alpha value is -1.98. The highest BCUT2D eigenvalue weighted by Crippen LogP contribution is 2.42. The predicted octanol–water partition coefficient (Wildman–Crippen LogP) is 2.93. The second-order valence-corrected chi connectivity index (χ2v) is 7.25. The minimum Gasteiger partial charge on any atom is -0.475 e. The summed E-state index contributed by atoms with van der Waals surface area (Å²) in [5, 5.41) is 0. The number of nitrogens with zero attached hydrogens (tertiary/aromatic N) is 3. The lowest BCUT2D eigenvalue weighted by atomic mass is 9.76. The van der Waals surface area contributed by atoms with Crippen LogP contribution in [0.5, 0.6) is 5.88 Å². The summed E-state index contributed by atoms with van der Waals surface area (Å²) in [6.07, 6.45) is 9.24. The zero-order valence-corrected chi connectivity index (χ0v) is 14.5. The fraction of sp³-hybridized carbons (Fsp3) is 0.500. The van der Waals surface area contributed by atoms with Gasteiger partial charge in [-0.1, -0.05) is 12.1 Å². The molecule has 2 saturated heterocycles. The summed E-state index contributed by atoms with van der Waals surface area (Å²) < 4.78 is 11.8. The van der Waals surface area contributed by atoms with E-state index in [2.05, 4.69) is 20.9 Å². The highest BCUT2D eigenvalue weighted by molar-refractivity contribution is 5.10. The molecule has 4 rings (SSSR count). The van der Waals surface area contributed by atoms with E-state index in [4.69, 9.17) is 9.47 Å². The maximum absolute atomic E-state index is 6.04. The molecule has 25 heavy (non-hydrogen) atoms. The zero-order valence-electron chi connectivity index (χ0n) is 14.5. The number of hydrogen-bond acceptors (Lipinski definition) is 5. The van der Waals surface area contributed by atoms with Gasteiger partial charge in [-0.2, -0.15) is 0 Å². The van der Waals surface area contributed by atoms with Crippen LogP contribution in [0, 0.1) is 5.41 Å². The molecular formula is C20H25N3O2. The third-order valence-corrected chi connectivity index (χ3v) is 5.39. The zero-order chi connectivity index (χ0) is 17.0. The molecule has 0 saturated carbocycles. The standard InChI is InChI=1S/C20H25N3O2/c1-2-9-22-19(5-1)24-15-18-12-20(16-25-18)6-10-23(11-7-20)14-17-4-3-8-21-13-17/h1-5,8-9,13,18H,6-7,10-12,14-16H2. The first kappa shape index (κ1) is 16.5. The van der Waals surface area contributed by atoms with Crippen LogP contribution in [0.15, 0.2) is 48.9 Å². The van der Waals surface area contributed by atoms with Gasteiger partial charge in [0.05, 0.1) is 12.7 Å². The maximum atomic E-state index is 6.04. The molecular weight excluding hydrogens is 314 g/mol. The summed E-state index contributed by atoms with van der Waals surface area (Å²) in [5.74, 6) is 0.679. The SMILES string of the molecule is c1ccc(OCC2CC3(CCN(Cc4cccnc4)CC3)CO2)nc1. The second-order valence-electron chi connectivity index (χ2n) is 7.25. The van der Waals surface area contributed by atoms with E-state index in [0.717, 1.165) is 32.7 Å². The van der Waals surface area contributed by atoms with Crippen molar-refractivity contribution in [2.24, 2.45) is 5.41 Å². The molecule has 0 amide bonds. The van der Waals surface area contributed by atoms with E-state index in [0.29, 0.717) is 17.9 Å². The molecule has 2 aromatic rings. The van der Waals surface area contributed by atoms with Gasteiger partial charge < -0.3 is 9.47 Å². The van der Waals surface area contributed by atoms with Crippen LogP contribution >= 0.6 is 0 Å². The number of ether oxygens (including phenoxy) is 2. The van der Waals surface area contributed by atoms with E-state index in [-0.39, 0.29) is 6.10 Å². The van der Waals surface area contributed by atoms with Crippen molar-refractivity contribution in [1.82, 2.24) is 14.9 Å². The first-order valence-electron chi connectivity index (χ1n) is 9.08. The van der Waals surface area contributed by atoms with E-state index >= 15 is 0 Å². The first-order chi connectivity index (χ1) is 12.3. The van der Waals surface area contributed by atoms with Crippen LogP contribution in [0.3, 0.4) is 0 Å². The summed E-state index contributed by atoms with van der Waals surface area (Å²) >= 11 is 0. The normalized spacial score (nSPS) is 23.0. The van der Waals surface area contributed by atoms with Crippen molar-refractivity contribution in [1.29, 1.82) is 0 Å². The Bertz CT molecular complexity index is 657. The first-order valence-corrected chi connectivity index (χ1v) is 9.08. The molecule has 5 nitrogen and oxygen atoms in total. The fourth-order valence-corrected chi connectivity index (χ4v) is 3.90. The minimum atomic E-state index is 0.187. The van der Waals surface area contributed by atoms with Gasteiger partial charge in [0.2, 0.25) is 5.88 Å². The molecule has 0 aliphatic carbocycles. The highest BCUT2D eigenvalue weighted by Gasteiger charge is 2.42. The molecule has 0 aromatic carbocycles. The summed E-state index contributed by atoms with van der Waals surface area (Å²) in [5.41, 5.74) is 1.63. The molecule has 2 aliphatic heterocycles. The van der Waals surface area contributed by atoms with Gasteiger partial charge in [-0.05, 0) is 55.5 Å². The second kappa shape index (κ2) is 7.50. The van der Waals surface area contributed by atoms with Crippen molar-refractivity contribution < 1.29 is 9.47 Å². The molecule has 1 atom stereocenters. The summed E-state index contributed by atoms with van der Waals surface area (Å²) in [4.78, 5) is 10.9. The molecule has 0 radical (unpaired) electrons. The lowest BCUT2D eigenvalue weighted by molar-refractivity contribution is 0.0462. The van der Waals surface area contributed by atoms with Gasteiger partial charge in [-0.15, -0.1) is 0 Å². The quantitative estimate of drug-likeness (QED) is 0.838. The van der Waals surface area contributed by atoms with E-state index in [1.54, 1.807) is 6.20 Å². The van der Waals surface area contributed by atoms with Crippen molar-refractivity contribution in [2.45, 2.75) is 31.9 Å². The Balaban J connectivity index is 1.24. The van der Waals surface area contributed by atoms with Gasteiger partial charge in [-0.25, -0.2) is 4.98 Å². The number of likely N-dealkylation sites (tertiary alicyclic amines) is 1. The topological polar surface area (TPSA) is 47.5 Å². The Labute approximate surface area is 149 Å². The average molecular weight is 339 g/mol. The Morgan fingerprint density at radius 1 is 1.16 bits per heavy atom. The number of rotatable bonds is 5. The molecule has 5 heteroatoms. The van der Waals surface area contributed by atoms with E-state index in [1.165, 1.54) is 18.4 Å². The summed E-state index contributed by atoms with van der Waals surface area (Å²) in [6, 6.07) is 9.89. The van der Waals surface area contributed by atoms with Gasteiger partial charge >= 0.3 is 0 Å². The lowest BCUT2D eigenvalue weighted by Crippen LogP contribution is -2.40. The monoisotopic (exact) mass is 339 g/mol. The number of aromatic nitrogens is 2. The third kappa shape index (κ3) is 4.17. The van der Waals surface area contributed by atoms with E-state index in [9.17, 15) is 0 Å². The smallest absolute Gasteiger partial charge is 0.213 e. The van der Waals surface area contributed by atoms with Gasteiger partial charge in [0.15, 0.2) is 0 Å². The van der Waals surface area contributed by atoms with Crippen molar-refractivity contribution >= 4 is 0 Å². The van der Waals surface area contributed by atoms with Crippen LogP contribution in [0.25, 0.3) is 0 Å². The van der Waals surface area contributed by atoms with Crippen molar-refractivity contribution in [2.75, 3.05) is 26.3 Å². The van der Waals surface area contributed by atoms with Gasteiger partial charge in [-0.3, -0.25) is 9.88 Å². The Kier molecular flexibility index (Phi) is 4.95.